The molecule has 0 fully saturated rings. The van der Waals surface area contributed by atoms with Crippen LogP contribution in [0.4, 0.5) is 0 Å². The van der Waals surface area contributed by atoms with Gasteiger partial charge < -0.3 is 4.74 Å². The fourth-order valence-corrected chi connectivity index (χ4v) is 5.68. The molecule has 1 N–H and O–H groups in total. The lowest BCUT2D eigenvalue weighted by Gasteiger charge is -2.15. The first-order valence-electron chi connectivity index (χ1n) is 12.0. The minimum atomic E-state index is -4.13. The highest BCUT2D eigenvalue weighted by Crippen LogP contribution is 2.32. The smallest absolute Gasteiger partial charge is 0.265 e. The number of sulfonamides is 1. The maximum Gasteiger partial charge on any atom is 0.265 e. The molecule has 190 valence electrons. The van der Waals surface area contributed by atoms with Gasteiger partial charge in [0.2, 0.25) is 0 Å². The Kier molecular flexibility index (Phi) is 8.31. The van der Waals surface area contributed by atoms with E-state index in [1.807, 2.05) is 73.7 Å². The van der Waals surface area contributed by atoms with Crippen LogP contribution in [0, 0.1) is 6.92 Å². The Bertz CT molecular complexity index is 1520. The molecule has 7 heteroatoms. The molecule has 0 aliphatic heterocycles. The van der Waals surface area contributed by atoms with E-state index in [4.69, 9.17) is 16.3 Å². The minimum Gasteiger partial charge on any atom is -0.493 e. The molecule has 4 rings (SSSR count). The molecule has 0 spiro atoms. The van der Waals surface area contributed by atoms with Crippen LogP contribution in [-0.2, 0) is 22.9 Å². The number of nitrogens with one attached hydrogen (secondary N) is 1. The van der Waals surface area contributed by atoms with Crippen LogP contribution < -0.4 is 9.46 Å². The van der Waals surface area contributed by atoms with Crippen LogP contribution in [0.15, 0.2) is 95.9 Å². The summed E-state index contributed by atoms with van der Waals surface area (Å²) < 4.78 is 34.2. The van der Waals surface area contributed by atoms with Crippen molar-refractivity contribution in [1.29, 1.82) is 0 Å². The van der Waals surface area contributed by atoms with Gasteiger partial charge in [-0.1, -0.05) is 78.3 Å². The number of hydrogen-bond donors (Lipinski definition) is 1. The first-order chi connectivity index (χ1) is 17.8. The van der Waals surface area contributed by atoms with Crippen molar-refractivity contribution in [2.24, 2.45) is 0 Å². The zero-order valence-corrected chi connectivity index (χ0v) is 22.3. The van der Waals surface area contributed by atoms with E-state index in [0.29, 0.717) is 35.6 Å². The van der Waals surface area contributed by atoms with Gasteiger partial charge in [0.15, 0.2) is 0 Å². The molecule has 0 saturated heterocycles. The van der Waals surface area contributed by atoms with Crippen LogP contribution in [0.3, 0.4) is 0 Å². The minimum absolute atomic E-state index is 0.0264. The molecule has 0 radical (unpaired) electrons. The monoisotopic (exact) mass is 533 g/mol. The lowest BCUT2D eigenvalue weighted by molar-refractivity contribution is 0.0980. The second-order valence-corrected chi connectivity index (χ2v) is 10.6. The molecule has 37 heavy (non-hydrogen) atoms. The van der Waals surface area contributed by atoms with Crippen molar-refractivity contribution >= 4 is 27.5 Å². The number of para-hydroxylation sites is 1. The zero-order valence-electron chi connectivity index (χ0n) is 20.7. The second kappa shape index (κ2) is 11.6. The molecule has 0 atom stereocenters. The standard InChI is InChI=1S/C30H28ClNO4S/c1-3-36-28-14-8-7-12-25(28)23-18-19-26(24(20-23)17-16-22-10-5-4-6-11-22)30(33)32-37(34,35)29-15-9-13-27(31)21(29)2/h4-15,18-20H,3,16-17H2,1-2H3,(H,32,33). The molecular weight excluding hydrogens is 506 g/mol. The van der Waals surface area contributed by atoms with Gasteiger partial charge >= 0.3 is 0 Å². The molecule has 0 heterocycles. The second-order valence-electron chi connectivity index (χ2n) is 8.58. The van der Waals surface area contributed by atoms with Gasteiger partial charge in [0.1, 0.15) is 5.75 Å². The lowest BCUT2D eigenvalue weighted by atomic mass is 9.94. The molecule has 4 aromatic rings. The Morgan fingerprint density at radius 3 is 2.38 bits per heavy atom. The Balaban J connectivity index is 1.71. The first-order valence-corrected chi connectivity index (χ1v) is 13.9. The van der Waals surface area contributed by atoms with Crippen molar-refractivity contribution < 1.29 is 17.9 Å². The topological polar surface area (TPSA) is 72.5 Å². The van der Waals surface area contributed by atoms with Gasteiger partial charge in [0, 0.05) is 16.1 Å². The maximum atomic E-state index is 13.3. The number of carbonyl (C=O) groups excluding carboxylic acids is 1. The third kappa shape index (κ3) is 6.21. The van der Waals surface area contributed by atoms with Gasteiger partial charge in [-0.3, -0.25) is 4.79 Å². The van der Waals surface area contributed by atoms with Crippen molar-refractivity contribution in [2.45, 2.75) is 31.6 Å². The average Bonchev–Trinajstić information content (AvgIpc) is 2.89. The van der Waals surface area contributed by atoms with E-state index >= 15 is 0 Å². The molecule has 4 aromatic carbocycles. The van der Waals surface area contributed by atoms with Gasteiger partial charge in [-0.25, -0.2) is 13.1 Å². The molecule has 0 aliphatic carbocycles. The lowest BCUT2D eigenvalue weighted by Crippen LogP contribution is -2.31. The van der Waals surface area contributed by atoms with E-state index in [1.165, 1.54) is 6.07 Å². The summed E-state index contributed by atoms with van der Waals surface area (Å²) in [6, 6.07) is 27.7. The van der Waals surface area contributed by atoms with E-state index in [-0.39, 0.29) is 4.90 Å². The number of hydrogen-bond acceptors (Lipinski definition) is 4. The quantitative estimate of drug-likeness (QED) is 0.262. The molecule has 0 bridgehead atoms. The fraction of sp³-hybridized carbons (Fsp3) is 0.167. The molecule has 0 aliphatic rings. The average molecular weight is 534 g/mol. The van der Waals surface area contributed by atoms with Crippen LogP contribution in [-0.4, -0.2) is 20.9 Å². The summed E-state index contributed by atoms with van der Waals surface area (Å²) in [5.41, 5.74) is 4.34. The van der Waals surface area contributed by atoms with E-state index in [2.05, 4.69) is 4.72 Å². The van der Waals surface area contributed by atoms with Crippen LogP contribution in [0.5, 0.6) is 5.75 Å². The van der Waals surface area contributed by atoms with Gasteiger partial charge in [-0.05, 0) is 73.2 Å². The van der Waals surface area contributed by atoms with E-state index in [9.17, 15) is 13.2 Å². The van der Waals surface area contributed by atoms with Crippen molar-refractivity contribution in [2.75, 3.05) is 6.61 Å². The first kappa shape index (κ1) is 26.5. The summed E-state index contributed by atoms with van der Waals surface area (Å²) in [5, 5.41) is 0.316. The summed E-state index contributed by atoms with van der Waals surface area (Å²) in [5.74, 6) is 0.0577. The SMILES string of the molecule is CCOc1ccccc1-c1ccc(C(=O)NS(=O)(=O)c2cccc(Cl)c2C)c(CCc2ccccc2)c1. The summed E-state index contributed by atoms with van der Waals surface area (Å²) in [4.78, 5) is 13.3. The normalized spacial score (nSPS) is 11.2. The maximum absolute atomic E-state index is 13.3. The summed E-state index contributed by atoms with van der Waals surface area (Å²) in [7, 11) is -4.13. The number of benzene rings is 4. The fourth-order valence-electron chi connectivity index (χ4n) is 4.21. The number of carbonyl (C=O) groups is 1. The van der Waals surface area contributed by atoms with Crippen molar-refractivity contribution in [3.63, 3.8) is 0 Å². The molecule has 0 saturated carbocycles. The van der Waals surface area contributed by atoms with Gasteiger partial charge in [0.05, 0.1) is 11.5 Å². The molecule has 0 aromatic heterocycles. The van der Waals surface area contributed by atoms with Gasteiger partial charge in [-0.2, -0.15) is 0 Å². The number of ether oxygens (including phenoxy) is 1. The predicted molar refractivity (Wildman–Crippen MR) is 148 cm³/mol. The third-order valence-electron chi connectivity index (χ3n) is 6.11. The van der Waals surface area contributed by atoms with E-state index < -0.39 is 15.9 Å². The van der Waals surface area contributed by atoms with Crippen molar-refractivity contribution in [3.8, 4) is 16.9 Å². The Morgan fingerprint density at radius 2 is 1.62 bits per heavy atom. The third-order valence-corrected chi connectivity index (χ3v) is 7.99. The number of amides is 1. The van der Waals surface area contributed by atoms with Crippen molar-refractivity contribution in [1.82, 2.24) is 4.72 Å². The zero-order chi connectivity index (χ0) is 26.4. The highest BCUT2D eigenvalue weighted by atomic mass is 35.5. The summed E-state index contributed by atoms with van der Waals surface area (Å²) >= 11 is 6.12. The highest BCUT2D eigenvalue weighted by molar-refractivity contribution is 7.90. The molecule has 1 amide bonds. The van der Waals surface area contributed by atoms with Crippen LogP contribution in [0.25, 0.3) is 11.1 Å². The van der Waals surface area contributed by atoms with Crippen LogP contribution in [0.2, 0.25) is 5.02 Å². The molecule has 5 nitrogen and oxygen atoms in total. The largest absolute Gasteiger partial charge is 0.493 e. The number of aryl methyl sites for hydroxylation is 2. The summed E-state index contributed by atoms with van der Waals surface area (Å²) in [6.07, 6.45) is 1.24. The van der Waals surface area contributed by atoms with Gasteiger partial charge in [0.25, 0.3) is 15.9 Å². The summed E-state index contributed by atoms with van der Waals surface area (Å²) in [6.45, 7) is 4.06. The van der Waals surface area contributed by atoms with Crippen LogP contribution >= 0.6 is 11.6 Å². The number of rotatable bonds is 9. The predicted octanol–water partition coefficient (Wildman–Crippen LogP) is 6.62. The Hall–Kier alpha value is -3.61. The van der Waals surface area contributed by atoms with Crippen LogP contribution in [0.1, 0.15) is 34.0 Å². The van der Waals surface area contributed by atoms with Crippen molar-refractivity contribution in [3.05, 3.63) is 118 Å². The number of halogens is 1. The molecule has 0 unspecified atom stereocenters. The van der Waals surface area contributed by atoms with E-state index in [0.717, 1.165) is 28.0 Å². The van der Waals surface area contributed by atoms with Gasteiger partial charge in [-0.15, -0.1) is 0 Å². The molecular formula is C30H28ClNO4S. The van der Waals surface area contributed by atoms with E-state index in [1.54, 1.807) is 25.1 Å². The highest BCUT2D eigenvalue weighted by Gasteiger charge is 2.23. The Labute approximate surface area is 223 Å². The Morgan fingerprint density at radius 1 is 0.892 bits per heavy atom.